The summed E-state index contributed by atoms with van der Waals surface area (Å²) < 4.78 is 5.28. The smallest absolute Gasteiger partial charge is 0.121 e. The number of ether oxygens (including phenoxy) is 1. The third-order valence-corrected chi connectivity index (χ3v) is 3.62. The molecule has 0 spiro atoms. The summed E-state index contributed by atoms with van der Waals surface area (Å²) in [7, 11) is 1.69. The highest BCUT2D eigenvalue weighted by Crippen LogP contribution is 2.23. The van der Waals surface area contributed by atoms with Gasteiger partial charge in [-0.15, -0.1) is 0 Å². The molecule has 21 heavy (non-hydrogen) atoms. The van der Waals surface area contributed by atoms with E-state index >= 15 is 0 Å². The van der Waals surface area contributed by atoms with Crippen molar-refractivity contribution in [2.45, 2.75) is 13.5 Å². The molecule has 0 unspecified atom stereocenters. The lowest BCUT2D eigenvalue weighted by molar-refractivity contribution is 0.412. The first kappa shape index (κ1) is 13.4. The largest absolute Gasteiger partial charge is 0.496 e. The molecule has 3 rings (SSSR count). The molecule has 0 atom stereocenters. The minimum Gasteiger partial charge on any atom is -0.496 e. The lowest BCUT2D eigenvalue weighted by Gasteiger charge is -2.11. The Morgan fingerprint density at radius 2 is 1.95 bits per heavy atom. The van der Waals surface area contributed by atoms with Crippen molar-refractivity contribution in [3.63, 3.8) is 0 Å². The van der Waals surface area contributed by atoms with E-state index in [1.807, 2.05) is 43.5 Å². The number of nitrogens with zero attached hydrogens (tertiary/aromatic N) is 1. The fourth-order valence-corrected chi connectivity index (χ4v) is 2.49. The van der Waals surface area contributed by atoms with Gasteiger partial charge < -0.3 is 10.1 Å². The maximum absolute atomic E-state index is 5.28. The molecule has 1 aromatic heterocycles. The molecule has 0 aliphatic rings. The normalized spacial score (nSPS) is 10.6. The predicted molar refractivity (Wildman–Crippen MR) is 86.8 cm³/mol. The van der Waals surface area contributed by atoms with E-state index in [1.54, 1.807) is 7.11 Å². The summed E-state index contributed by atoms with van der Waals surface area (Å²) in [6.45, 7) is 2.82. The molecule has 0 saturated heterocycles. The van der Waals surface area contributed by atoms with E-state index in [9.17, 15) is 0 Å². The zero-order valence-electron chi connectivity index (χ0n) is 12.3. The average Bonchev–Trinajstić information content (AvgIpc) is 2.53. The number of fused-ring (bicyclic) bond motifs is 1. The number of methoxy groups -OCH3 is 1. The molecular formula is C18H18N2O. The summed E-state index contributed by atoms with van der Waals surface area (Å²) in [6, 6.07) is 16.4. The number of aryl methyl sites for hydroxylation is 1. The molecule has 3 heteroatoms. The molecule has 0 amide bonds. The molecular weight excluding hydrogens is 260 g/mol. The Hall–Kier alpha value is -2.55. The van der Waals surface area contributed by atoms with Gasteiger partial charge in [0.15, 0.2) is 0 Å². The SMILES string of the molecule is COc1ccc(NCc2ccnc3ccccc23)cc1C. The van der Waals surface area contributed by atoms with Gasteiger partial charge in [0.1, 0.15) is 5.75 Å². The molecule has 3 nitrogen and oxygen atoms in total. The van der Waals surface area contributed by atoms with Gasteiger partial charge in [0, 0.05) is 23.8 Å². The summed E-state index contributed by atoms with van der Waals surface area (Å²) in [6.07, 6.45) is 1.86. The first-order valence-electron chi connectivity index (χ1n) is 6.99. The topological polar surface area (TPSA) is 34.1 Å². The second-order valence-corrected chi connectivity index (χ2v) is 5.03. The van der Waals surface area contributed by atoms with Gasteiger partial charge in [-0.1, -0.05) is 18.2 Å². The molecule has 1 N–H and O–H groups in total. The molecule has 0 bridgehead atoms. The first-order chi connectivity index (χ1) is 10.3. The van der Waals surface area contributed by atoms with Gasteiger partial charge in [0.05, 0.1) is 12.6 Å². The minimum atomic E-state index is 0.773. The van der Waals surface area contributed by atoms with E-state index in [1.165, 1.54) is 10.9 Å². The molecule has 0 aliphatic carbocycles. The van der Waals surface area contributed by atoms with Gasteiger partial charge >= 0.3 is 0 Å². The maximum atomic E-state index is 5.28. The molecule has 1 heterocycles. The number of aromatic nitrogens is 1. The van der Waals surface area contributed by atoms with Crippen LogP contribution in [0.2, 0.25) is 0 Å². The Kier molecular flexibility index (Phi) is 3.73. The molecule has 106 valence electrons. The van der Waals surface area contributed by atoms with Crippen molar-refractivity contribution < 1.29 is 4.74 Å². The van der Waals surface area contributed by atoms with Gasteiger partial charge in [-0.2, -0.15) is 0 Å². The Bertz CT molecular complexity index is 763. The number of para-hydroxylation sites is 1. The quantitative estimate of drug-likeness (QED) is 0.778. The van der Waals surface area contributed by atoms with Gasteiger partial charge in [0.2, 0.25) is 0 Å². The van der Waals surface area contributed by atoms with Gasteiger partial charge in [0.25, 0.3) is 0 Å². The lowest BCUT2D eigenvalue weighted by atomic mass is 10.1. The number of hydrogen-bond donors (Lipinski definition) is 1. The second kappa shape index (κ2) is 5.83. The highest BCUT2D eigenvalue weighted by atomic mass is 16.5. The summed E-state index contributed by atoms with van der Waals surface area (Å²) in [4.78, 5) is 4.39. The second-order valence-electron chi connectivity index (χ2n) is 5.03. The van der Waals surface area contributed by atoms with E-state index in [-0.39, 0.29) is 0 Å². The first-order valence-corrected chi connectivity index (χ1v) is 6.99. The van der Waals surface area contributed by atoms with E-state index in [0.717, 1.165) is 29.1 Å². The van der Waals surface area contributed by atoms with Crippen LogP contribution in [0.1, 0.15) is 11.1 Å². The number of benzene rings is 2. The maximum Gasteiger partial charge on any atom is 0.121 e. The number of pyridine rings is 1. The van der Waals surface area contributed by atoms with Gasteiger partial charge in [-0.05, 0) is 48.4 Å². The molecule has 0 fully saturated rings. The molecule has 0 saturated carbocycles. The summed E-state index contributed by atoms with van der Waals surface area (Å²) >= 11 is 0. The number of anilines is 1. The van der Waals surface area contributed by atoms with E-state index in [0.29, 0.717) is 0 Å². The molecule has 2 aromatic carbocycles. The van der Waals surface area contributed by atoms with Crippen LogP contribution in [-0.4, -0.2) is 12.1 Å². The van der Waals surface area contributed by atoms with Crippen LogP contribution in [0.3, 0.4) is 0 Å². The zero-order valence-corrected chi connectivity index (χ0v) is 12.3. The van der Waals surface area contributed by atoms with Crippen LogP contribution in [-0.2, 0) is 6.54 Å². The number of nitrogens with one attached hydrogen (secondary N) is 1. The fourth-order valence-electron chi connectivity index (χ4n) is 2.49. The van der Waals surface area contributed by atoms with Crippen molar-refractivity contribution >= 4 is 16.6 Å². The van der Waals surface area contributed by atoms with E-state index in [4.69, 9.17) is 4.74 Å². The van der Waals surface area contributed by atoms with Crippen LogP contribution >= 0.6 is 0 Å². The van der Waals surface area contributed by atoms with Crippen LogP contribution in [0.4, 0.5) is 5.69 Å². The summed E-state index contributed by atoms with van der Waals surface area (Å²) in [5, 5.41) is 4.65. The van der Waals surface area contributed by atoms with Crippen molar-refractivity contribution in [3.05, 3.63) is 65.9 Å². The third-order valence-electron chi connectivity index (χ3n) is 3.62. The van der Waals surface area contributed by atoms with E-state index < -0.39 is 0 Å². The van der Waals surface area contributed by atoms with Crippen molar-refractivity contribution in [1.82, 2.24) is 4.98 Å². The van der Waals surface area contributed by atoms with Gasteiger partial charge in [-0.25, -0.2) is 0 Å². The Morgan fingerprint density at radius 3 is 2.76 bits per heavy atom. The standard InChI is InChI=1S/C18H18N2O/c1-13-11-15(7-8-18(13)21-2)20-12-14-9-10-19-17-6-4-3-5-16(14)17/h3-11,20H,12H2,1-2H3. The monoisotopic (exact) mass is 278 g/mol. The average molecular weight is 278 g/mol. The Labute approximate surface area is 124 Å². The van der Waals surface area contributed by atoms with Crippen LogP contribution in [0.25, 0.3) is 10.9 Å². The Balaban J connectivity index is 1.82. The molecule has 3 aromatic rings. The molecule has 0 aliphatic heterocycles. The fraction of sp³-hybridized carbons (Fsp3) is 0.167. The van der Waals surface area contributed by atoms with Crippen LogP contribution < -0.4 is 10.1 Å². The molecule has 0 radical (unpaired) electrons. The van der Waals surface area contributed by atoms with Crippen molar-refractivity contribution in [3.8, 4) is 5.75 Å². The van der Waals surface area contributed by atoms with Crippen molar-refractivity contribution in [2.75, 3.05) is 12.4 Å². The lowest BCUT2D eigenvalue weighted by Crippen LogP contribution is -2.01. The Morgan fingerprint density at radius 1 is 1.10 bits per heavy atom. The van der Waals surface area contributed by atoms with E-state index in [2.05, 4.69) is 28.5 Å². The zero-order chi connectivity index (χ0) is 14.7. The highest BCUT2D eigenvalue weighted by molar-refractivity contribution is 5.82. The number of hydrogen-bond acceptors (Lipinski definition) is 3. The van der Waals surface area contributed by atoms with Crippen molar-refractivity contribution in [2.24, 2.45) is 0 Å². The highest BCUT2D eigenvalue weighted by Gasteiger charge is 2.03. The van der Waals surface area contributed by atoms with Crippen LogP contribution in [0.5, 0.6) is 5.75 Å². The third kappa shape index (κ3) is 2.82. The minimum absolute atomic E-state index is 0.773. The van der Waals surface area contributed by atoms with Crippen molar-refractivity contribution in [1.29, 1.82) is 0 Å². The van der Waals surface area contributed by atoms with Crippen LogP contribution in [0, 0.1) is 6.92 Å². The number of rotatable bonds is 4. The summed E-state index contributed by atoms with van der Waals surface area (Å²) in [5.41, 5.74) is 4.49. The van der Waals surface area contributed by atoms with Crippen LogP contribution in [0.15, 0.2) is 54.7 Å². The van der Waals surface area contributed by atoms with Gasteiger partial charge in [-0.3, -0.25) is 4.98 Å². The summed E-state index contributed by atoms with van der Waals surface area (Å²) in [5.74, 6) is 0.912. The predicted octanol–water partition coefficient (Wildman–Crippen LogP) is 4.16.